The third kappa shape index (κ3) is 3.88. The van der Waals surface area contributed by atoms with Gasteiger partial charge in [-0.3, -0.25) is 14.7 Å². The van der Waals surface area contributed by atoms with E-state index in [1.807, 2.05) is 6.07 Å². The fourth-order valence-corrected chi connectivity index (χ4v) is 4.30. The number of H-pyrrole nitrogens is 1. The van der Waals surface area contributed by atoms with Crippen molar-refractivity contribution in [3.05, 3.63) is 89.0 Å². The standard InChI is InChI=1S/C21H15N5O5S/c27-21-23-17-11-15(7-8-18(17)30-21)32(28,29)26-16-6-2-1-4-13(16)10-19-24-20(25-31-19)14-5-3-9-22-12-14/h1-9,11-12,26H,10H2,(H,23,27). The summed E-state index contributed by atoms with van der Waals surface area (Å²) in [7, 11) is -3.94. The first kappa shape index (κ1) is 19.7. The molecule has 2 aromatic carbocycles. The summed E-state index contributed by atoms with van der Waals surface area (Å²) in [4.78, 5) is 22.2. The summed E-state index contributed by atoms with van der Waals surface area (Å²) in [5, 5.41) is 3.96. The topological polar surface area (TPSA) is 144 Å². The van der Waals surface area contributed by atoms with Crippen molar-refractivity contribution in [3.63, 3.8) is 0 Å². The SMILES string of the molecule is O=c1[nH]c2cc(S(=O)(=O)Nc3ccccc3Cc3nc(-c4cccnc4)no3)ccc2o1. The zero-order valence-electron chi connectivity index (χ0n) is 16.3. The lowest BCUT2D eigenvalue weighted by Crippen LogP contribution is -2.14. The Morgan fingerprint density at radius 3 is 2.78 bits per heavy atom. The van der Waals surface area contributed by atoms with Crippen LogP contribution in [-0.4, -0.2) is 28.5 Å². The van der Waals surface area contributed by atoms with E-state index in [4.69, 9.17) is 8.94 Å². The van der Waals surface area contributed by atoms with Crippen LogP contribution in [0, 0.1) is 0 Å². The Balaban J connectivity index is 1.42. The van der Waals surface area contributed by atoms with E-state index in [0.29, 0.717) is 34.0 Å². The van der Waals surface area contributed by atoms with Gasteiger partial charge in [-0.1, -0.05) is 23.4 Å². The molecule has 0 atom stereocenters. The lowest BCUT2D eigenvalue weighted by Gasteiger charge is -2.11. The first-order valence-corrected chi connectivity index (χ1v) is 10.9. The number of hydrogen-bond acceptors (Lipinski definition) is 8. The fourth-order valence-electron chi connectivity index (χ4n) is 3.18. The van der Waals surface area contributed by atoms with E-state index < -0.39 is 15.8 Å². The van der Waals surface area contributed by atoms with Crippen molar-refractivity contribution in [2.45, 2.75) is 11.3 Å². The van der Waals surface area contributed by atoms with Crippen molar-refractivity contribution in [3.8, 4) is 11.4 Å². The van der Waals surface area contributed by atoms with Crippen molar-refractivity contribution < 1.29 is 17.4 Å². The van der Waals surface area contributed by atoms with Crippen LogP contribution in [-0.2, 0) is 16.4 Å². The molecule has 0 saturated carbocycles. The van der Waals surface area contributed by atoms with Crippen molar-refractivity contribution in [2.24, 2.45) is 0 Å². The van der Waals surface area contributed by atoms with Crippen LogP contribution in [0.2, 0.25) is 0 Å². The van der Waals surface area contributed by atoms with Gasteiger partial charge in [-0.05, 0) is 42.0 Å². The van der Waals surface area contributed by atoms with Gasteiger partial charge in [0.15, 0.2) is 5.58 Å². The van der Waals surface area contributed by atoms with Gasteiger partial charge in [0.2, 0.25) is 11.7 Å². The Bertz CT molecular complexity index is 1570. The number of para-hydroxylation sites is 1. The number of oxazole rings is 1. The molecule has 0 fully saturated rings. The second-order valence-electron chi connectivity index (χ2n) is 6.87. The van der Waals surface area contributed by atoms with Gasteiger partial charge in [0.1, 0.15) is 0 Å². The average molecular weight is 449 g/mol. The third-order valence-electron chi connectivity index (χ3n) is 4.69. The van der Waals surface area contributed by atoms with Gasteiger partial charge in [-0.25, -0.2) is 13.2 Å². The van der Waals surface area contributed by atoms with E-state index in [2.05, 4.69) is 24.8 Å². The molecule has 0 spiro atoms. The van der Waals surface area contributed by atoms with Crippen molar-refractivity contribution in [2.75, 3.05) is 4.72 Å². The number of sulfonamides is 1. The maximum absolute atomic E-state index is 13.0. The Hall–Kier alpha value is -4.25. The van der Waals surface area contributed by atoms with Gasteiger partial charge in [-0.15, -0.1) is 0 Å². The van der Waals surface area contributed by atoms with Gasteiger partial charge in [0.25, 0.3) is 10.0 Å². The van der Waals surface area contributed by atoms with Gasteiger partial charge < -0.3 is 8.94 Å². The third-order valence-corrected chi connectivity index (χ3v) is 6.06. The van der Waals surface area contributed by atoms with Crippen LogP contribution in [0.1, 0.15) is 11.5 Å². The predicted octanol–water partition coefficient (Wildman–Crippen LogP) is 2.96. The molecule has 2 N–H and O–H groups in total. The number of nitrogens with one attached hydrogen (secondary N) is 2. The van der Waals surface area contributed by atoms with E-state index in [1.54, 1.807) is 42.7 Å². The molecule has 0 radical (unpaired) electrons. The molecule has 5 rings (SSSR count). The lowest BCUT2D eigenvalue weighted by molar-refractivity contribution is 0.386. The number of aromatic amines is 1. The molecule has 10 nitrogen and oxygen atoms in total. The van der Waals surface area contributed by atoms with Gasteiger partial charge in [0, 0.05) is 18.0 Å². The van der Waals surface area contributed by atoms with E-state index in [1.165, 1.54) is 18.2 Å². The van der Waals surface area contributed by atoms with Crippen LogP contribution in [0.4, 0.5) is 5.69 Å². The molecule has 3 aromatic heterocycles. The number of hydrogen-bond donors (Lipinski definition) is 2. The molecular weight excluding hydrogens is 434 g/mol. The summed E-state index contributed by atoms with van der Waals surface area (Å²) in [6, 6.07) is 14.6. The van der Waals surface area contributed by atoms with E-state index in [-0.39, 0.29) is 16.9 Å². The van der Waals surface area contributed by atoms with E-state index in [9.17, 15) is 13.2 Å². The highest BCUT2D eigenvalue weighted by Crippen LogP contribution is 2.24. The quantitative estimate of drug-likeness (QED) is 0.403. The number of aromatic nitrogens is 4. The Labute approximate surface area is 181 Å². The molecule has 0 saturated heterocycles. The summed E-state index contributed by atoms with van der Waals surface area (Å²) in [5.41, 5.74) is 2.30. The number of rotatable bonds is 6. The first-order chi connectivity index (χ1) is 15.5. The number of benzene rings is 2. The Morgan fingerprint density at radius 2 is 1.94 bits per heavy atom. The smallest absolute Gasteiger partial charge is 0.408 e. The number of pyridine rings is 1. The van der Waals surface area contributed by atoms with Crippen LogP contribution in [0.3, 0.4) is 0 Å². The van der Waals surface area contributed by atoms with Gasteiger partial charge in [-0.2, -0.15) is 4.98 Å². The van der Waals surface area contributed by atoms with Crippen molar-refractivity contribution >= 4 is 26.8 Å². The lowest BCUT2D eigenvalue weighted by atomic mass is 10.1. The summed E-state index contributed by atoms with van der Waals surface area (Å²) < 4.78 is 38.7. The summed E-state index contributed by atoms with van der Waals surface area (Å²) in [6.45, 7) is 0. The minimum Gasteiger partial charge on any atom is -0.408 e. The minimum absolute atomic E-state index is 0.0199. The average Bonchev–Trinajstić information content (AvgIpc) is 3.40. The molecule has 160 valence electrons. The number of anilines is 1. The molecule has 0 amide bonds. The first-order valence-electron chi connectivity index (χ1n) is 9.44. The summed E-state index contributed by atoms with van der Waals surface area (Å²) >= 11 is 0. The predicted molar refractivity (Wildman–Crippen MR) is 114 cm³/mol. The summed E-state index contributed by atoms with van der Waals surface area (Å²) in [6.07, 6.45) is 3.50. The maximum atomic E-state index is 13.0. The number of fused-ring (bicyclic) bond motifs is 1. The Morgan fingerprint density at radius 1 is 1.06 bits per heavy atom. The Kier molecular flexibility index (Phi) is 4.79. The molecule has 0 unspecified atom stereocenters. The maximum Gasteiger partial charge on any atom is 0.417 e. The molecule has 3 heterocycles. The van der Waals surface area contributed by atoms with Gasteiger partial charge >= 0.3 is 5.76 Å². The van der Waals surface area contributed by atoms with Crippen LogP contribution >= 0.6 is 0 Å². The zero-order valence-corrected chi connectivity index (χ0v) is 17.2. The zero-order chi connectivity index (χ0) is 22.1. The molecule has 0 aliphatic carbocycles. The van der Waals surface area contributed by atoms with Crippen LogP contribution in [0.25, 0.3) is 22.5 Å². The number of nitrogens with zero attached hydrogens (tertiary/aromatic N) is 3. The molecule has 0 bridgehead atoms. The van der Waals surface area contributed by atoms with Crippen LogP contribution in [0.15, 0.2) is 85.6 Å². The molecule has 0 aliphatic heterocycles. The van der Waals surface area contributed by atoms with E-state index in [0.717, 1.165) is 0 Å². The highest BCUT2D eigenvalue weighted by atomic mass is 32.2. The molecule has 11 heteroatoms. The molecule has 5 aromatic rings. The van der Waals surface area contributed by atoms with E-state index >= 15 is 0 Å². The summed E-state index contributed by atoms with van der Waals surface area (Å²) in [5.74, 6) is 0.0690. The van der Waals surface area contributed by atoms with Crippen LogP contribution in [0.5, 0.6) is 0 Å². The monoisotopic (exact) mass is 449 g/mol. The minimum atomic E-state index is -3.94. The molecule has 0 aliphatic rings. The molecular formula is C21H15N5O5S. The highest BCUT2D eigenvalue weighted by molar-refractivity contribution is 7.92. The van der Waals surface area contributed by atoms with Crippen molar-refractivity contribution in [1.82, 2.24) is 20.1 Å². The van der Waals surface area contributed by atoms with Gasteiger partial charge in [0.05, 0.1) is 22.5 Å². The highest BCUT2D eigenvalue weighted by Gasteiger charge is 2.19. The molecule has 32 heavy (non-hydrogen) atoms. The van der Waals surface area contributed by atoms with Crippen LogP contribution < -0.4 is 10.5 Å². The normalized spacial score (nSPS) is 11.6. The van der Waals surface area contributed by atoms with Crippen molar-refractivity contribution in [1.29, 1.82) is 0 Å². The second kappa shape index (κ2) is 7.78. The second-order valence-corrected chi connectivity index (χ2v) is 8.55. The largest absolute Gasteiger partial charge is 0.417 e. The fraction of sp³-hybridized carbons (Fsp3) is 0.0476.